The highest BCUT2D eigenvalue weighted by Crippen LogP contribution is 2.39. The van der Waals surface area contributed by atoms with Crippen LogP contribution in [-0.2, 0) is 26.6 Å². The van der Waals surface area contributed by atoms with Crippen molar-refractivity contribution < 1.29 is 45.0 Å². The molecule has 14 heteroatoms. The monoisotopic (exact) mass is 582 g/mol. The number of benzene rings is 2. The molecule has 1 fully saturated rings. The average molecular weight is 583 g/mol. The van der Waals surface area contributed by atoms with Gasteiger partial charge in [0, 0.05) is 6.54 Å². The van der Waals surface area contributed by atoms with Crippen molar-refractivity contribution in [1.82, 2.24) is 4.90 Å². The lowest BCUT2D eigenvalue weighted by atomic mass is 10.0. The number of halogens is 7. The molecule has 7 nitrogen and oxygen atoms in total. The first-order valence-corrected chi connectivity index (χ1v) is 12.2. The molecule has 0 bridgehead atoms. The second-order valence-electron chi connectivity index (χ2n) is 8.05. The van der Waals surface area contributed by atoms with Gasteiger partial charge in [0.2, 0.25) is 6.41 Å². The Hall–Kier alpha value is -3.07. The second kappa shape index (κ2) is 15.6. The summed E-state index contributed by atoms with van der Waals surface area (Å²) in [5.41, 5.74) is 7.43. The van der Waals surface area contributed by atoms with Crippen LogP contribution in [-0.4, -0.2) is 50.2 Å². The number of hydrogen-bond donors (Lipinski definition) is 2. The van der Waals surface area contributed by atoms with Crippen molar-refractivity contribution in [3.05, 3.63) is 70.5 Å². The van der Waals surface area contributed by atoms with Crippen LogP contribution >= 0.6 is 0 Å². The summed E-state index contributed by atoms with van der Waals surface area (Å²) in [6.07, 6.45) is -12.2. The zero-order valence-corrected chi connectivity index (χ0v) is 22.4. The fraction of sp³-hybridized carbons (Fsp3) is 0.462. The number of rotatable bonds is 7. The maximum Gasteiger partial charge on any atom is 0.416 e. The Morgan fingerprint density at radius 3 is 2.08 bits per heavy atom. The summed E-state index contributed by atoms with van der Waals surface area (Å²) in [5.74, 6) is -0.572. The first-order chi connectivity index (χ1) is 18.8. The molecule has 1 amide bonds. The Morgan fingerprint density at radius 1 is 1.07 bits per heavy atom. The van der Waals surface area contributed by atoms with Crippen molar-refractivity contribution >= 4 is 12.2 Å². The molecule has 1 saturated heterocycles. The van der Waals surface area contributed by atoms with E-state index in [0.29, 0.717) is 17.7 Å². The molecule has 0 spiro atoms. The third-order valence-electron chi connectivity index (χ3n) is 5.52. The number of nitrogens with two attached hydrogens (primary N) is 2. The number of nitrogens with zero attached hydrogens (tertiary/aromatic N) is 2. The summed E-state index contributed by atoms with van der Waals surface area (Å²) in [6, 6.07) is 5.62. The van der Waals surface area contributed by atoms with Crippen molar-refractivity contribution in [2.45, 2.75) is 51.6 Å². The Bertz CT molecular complexity index is 1060. The molecular formula is C26H33F7N4O3. The van der Waals surface area contributed by atoms with Gasteiger partial charge in [-0.3, -0.25) is 9.69 Å². The van der Waals surface area contributed by atoms with E-state index in [9.17, 15) is 35.5 Å². The zero-order chi connectivity index (χ0) is 30.7. The van der Waals surface area contributed by atoms with Crippen LogP contribution in [0.1, 0.15) is 55.2 Å². The van der Waals surface area contributed by atoms with Crippen LogP contribution in [0.25, 0.3) is 0 Å². The summed E-state index contributed by atoms with van der Waals surface area (Å²) in [6.45, 7) is 5.61. The van der Waals surface area contributed by atoms with Crippen molar-refractivity contribution in [1.29, 1.82) is 0 Å². The van der Waals surface area contributed by atoms with Gasteiger partial charge in [-0.25, -0.2) is 9.38 Å². The lowest BCUT2D eigenvalue weighted by Crippen LogP contribution is -2.49. The number of alkyl halides is 6. The van der Waals surface area contributed by atoms with Crippen LogP contribution < -0.4 is 11.5 Å². The van der Waals surface area contributed by atoms with Crippen LogP contribution in [0.3, 0.4) is 0 Å². The molecule has 2 unspecified atom stereocenters. The largest absolute Gasteiger partial charge is 0.416 e. The molecule has 3 atom stereocenters. The van der Waals surface area contributed by atoms with Gasteiger partial charge in [-0.1, -0.05) is 26.0 Å². The predicted octanol–water partition coefficient (Wildman–Crippen LogP) is 5.46. The highest BCUT2D eigenvalue weighted by molar-refractivity contribution is 5.87. The van der Waals surface area contributed by atoms with Crippen molar-refractivity contribution in [3.63, 3.8) is 0 Å². The van der Waals surface area contributed by atoms with Gasteiger partial charge in [0.1, 0.15) is 11.7 Å². The Labute approximate surface area is 227 Å². The Morgan fingerprint density at radius 2 is 1.60 bits per heavy atom. The zero-order valence-electron chi connectivity index (χ0n) is 22.4. The summed E-state index contributed by atoms with van der Waals surface area (Å²) in [5, 5.41) is 0. The van der Waals surface area contributed by atoms with E-state index in [2.05, 4.69) is 10.7 Å². The lowest BCUT2D eigenvalue weighted by molar-refractivity contribution is -0.227. The van der Waals surface area contributed by atoms with E-state index in [4.69, 9.17) is 15.2 Å². The number of morpholine rings is 1. The number of aliphatic imine (C=N–C) groups is 1. The average Bonchev–Trinajstić information content (AvgIpc) is 2.91. The highest BCUT2D eigenvalue weighted by Gasteiger charge is 2.39. The fourth-order valence-corrected chi connectivity index (χ4v) is 3.82. The number of amidine groups is 1. The van der Waals surface area contributed by atoms with Crippen LogP contribution in [0.5, 0.6) is 0 Å². The van der Waals surface area contributed by atoms with Gasteiger partial charge in [0.15, 0.2) is 6.29 Å². The van der Waals surface area contributed by atoms with Gasteiger partial charge in [-0.05, 0) is 55.4 Å². The van der Waals surface area contributed by atoms with Crippen LogP contribution in [0.15, 0.2) is 47.5 Å². The molecule has 0 aliphatic carbocycles. The molecular weight excluding hydrogens is 549 g/mol. The first-order valence-electron chi connectivity index (χ1n) is 12.2. The summed E-state index contributed by atoms with van der Waals surface area (Å²) in [7, 11) is 1.50. The van der Waals surface area contributed by atoms with Crippen molar-refractivity contribution in [2.24, 2.45) is 16.5 Å². The SMILES string of the molecule is CC.CN.C[C@@H](OC1OCCN(CC(N)=NC=O)C1c1ccc(F)cc1)c1cc(C(F)(F)F)cc(C(F)(F)F)c1. The van der Waals surface area contributed by atoms with Crippen LogP contribution in [0, 0.1) is 5.82 Å². The van der Waals surface area contributed by atoms with Crippen LogP contribution in [0.2, 0.25) is 0 Å². The number of carbonyl (C=O) groups is 1. The summed E-state index contributed by atoms with van der Waals surface area (Å²) >= 11 is 0. The van der Waals surface area contributed by atoms with E-state index in [0.717, 1.165) is 0 Å². The molecule has 0 aromatic heterocycles. The highest BCUT2D eigenvalue weighted by atomic mass is 19.4. The van der Waals surface area contributed by atoms with Gasteiger partial charge < -0.3 is 20.9 Å². The molecule has 2 aromatic rings. The lowest BCUT2D eigenvalue weighted by Gasteiger charge is -2.41. The van der Waals surface area contributed by atoms with Gasteiger partial charge in [0.25, 0.3) is 0 Å². The van der Waals surface area contributed by atoms with Crippen LogP contribution in [0.4, 0.5) is 30.7 Å². The number of carbonyl (C=O) groups excluding carboxylic acids is 1. The molecule has 1 aliphatic rings. The van der Waals surface area contributed by atoms with Crippen molar-refractivity contribution in [2.75, 3.05) is 26.7 Å². The third kappa shape index (κ3) is 9.84. The molecule has 2 aromatic carbocycles. The number of amides is 1. The quantitative estimate of drug-likeness (QED) is 0.195. The summed E-state index contributed by atoms with van der Waals surface area (Å²) < 4.78 is 105. The van der Waals surface area contributed by atoms with Gasteiger partial charge >= 0.3 is 12.4 Å². The van der Waals surface area contributed by atoms with Gasteiger partial charge in [0.05, 0.1) is 36.4 Å². The Kier molecular flexibility index (Phi) is 13.7. The van der Waals surface area contributed by atoms with Gasteiger partial charge in [-0.15, -0.1) is 0 Å². The molecule has 0 radical (unpaired) electrons. The number of hydrogen-bond acceptors (Lipinski definition) is 5. The van der Waals surface area contributed by atoms with E-state index in [1.807, 2.05) is 13.8 Å². The standard InChI is InChI=1S/C23H22F7N3O3.C2H6.CH5N/c1-13(15-8-16(22(25,26)27)10-17(9-15)23(28,29)30)36-21-20(14-2-4-18(24)5-3-14)33(6-7-35-21)11-19(31)32-12-34;2*1-2/h2-5,8-10,12-13,20-21H,6-7,11H2,1H3,(H2,31,32,34);1-2H3;2H2,1H3/t13-,20?,21?;;/m1../s1. The molecule has 1 aliphatic heterocycles. The minimum atomic E-state index is -5.01. The van der Waals surface area contributed by atoms with Gasteiger partial charge in [-0.2, -0.15) is 26.3 Å². The molecule has 1 heterocycles. The fourth-order valence-electron chi connectivity index (χ4n) is 3.82. The first kappa shape index (κ1) is 35.0. The normalized spacial score (nSPS) is 19.1. The van der Waals surface area contributed by atoms with Crippen molar-refractivity contribution in [3.8, 4) is 0 Å². The maximum absolute atomic E-state index is 13.5. The minimum Gasteiger partial charge on any atom is -0.386 e. The van der Waals surface area contributed by atoms with E-state index in [1.54, 1.807) is 4.90 Å². The maximum atomic E-state index is 13.5. The number of ether oxygens (including phenoxy) is 2. The smallest absolute Gasteiger partial charge is 0.386 e. The van der Waals surface area contributed by atoms with E-state index >= 15 is 0 Å². The predicted molar refractivity (Wildman–Crippen MR) is 136 cm³/mol. The Balaban J connectivity index is 0.00000191. The van der Waals surface area contributed by atoms with E-state index in [1.165, 1.54) is 38.2 Å². The molecule has 40 heavy (non-hydrogen) atoms. The summed E-state index contributed by atoms with van der Waals surface area (Å²) in [4.78, 5) is 15.8. The molecule has 0 saturated carbocycles. The minimum absolute atomic E-state index is 0.0276. The molecule has 4 N–H and O–H groups in total. The third-order valence-corrected chi connectivity index (χ3v) is 5.52. The molecule has 3 rings (SSSR count). The topological polar surface area (TPSA) is 103 Å². The van der Waals surface area contributed by atoms with E-state index in [-0.39, 0.29) is 43.6 Å². The van der Waals surface area contributed by atoms with E-state index < -0.39 is 47.7 Å². The molecule has 224 valence electrons. The second-order valence-corrected chi connectivity index (χ2v) is 8.05.